The van der Waals surface area contributed by atoms with Crippen molar-refractivity contribution in [1.29, 1.82) is 0 Å². The molecule has 1 heterocycles. The van der Waals surface area contributed by atoms with Gasteiger partial charge in [0.1, 0.15) is 0 Å². The van der Waals surface area contributed by atoms with E-state index in [0.717, 1.165) is 25.1 Å². The van der Waals surface area contributed by atoms with Crippen LogP contribution < -0.4 is 5.32 Å². The minimum Gasteiger partial charge on any atom is -0.389 e. The number of aliphatic hydroxyl groups excluding tert-OH is 1. The van der Waals surface area contributed by atoms with Crippen molar-refractivity contribution in [1.82, 2.24) is 10.3 Å². The first-order valence-electron chi connectivity index (χ1n) is 8.11. The van der Waals surface area contributed by atoms with Crippen molar-refractivity contribution in [3.8, 4) is 0 Å². The summed E-state index contributed by atoms with van der Waals surface area (Å²) in [5, 5.41) is 13.1. The number of hydrogen-bond donors (Lipinski definition) is 2. The first-order chi connectivity index (χ1) is 10.3. The van der Waals surface area contributed by atoms with Crippen molar-refractivity contribution in [2.45, 2.75) is 52.2 Å². The van der Waals surface area contributed by atoms with Crippen LogP contribution in [-0.4, -0.2) is 36.0 Å². The summed E-state index contributed by atoms with van der Waals surface area (Å²) < 4.78 is 5.65. The van der Waals surface area contributed by atoms with Crippen LogP contribution in [0.1, 0.15) is 45.1 Å². The average molecular weight is 294 g/mol. The smallest absolute Gasteiger partial charge is 0.0897 e. The second-order valence-electron chi connectivity index (χ2n) is 5.60. The largest absolute Gasteiger partial charge is 0.389 e. The first-order valence-corrected chi connectivity index (χ1v) is 8.11. The molecule has 1 aromatic rings. The SMILES string of the molecule is CCCCC(CC)COCC(O)CNCc1cccnc1. The monoisotopic (exact) mass is 294 g/mol. The number of ether oxygens (including phenoxy) is 1. The molecule has 1 aromatic heterocycles. The van der Waals surface area contributed by atoms with E-state index in [1.165, 1.54) is 19.3 Å². The minimum absolute atomic E-state index is 0.405. The summed E-state index contributed by atoms with van der Waals surface area (Å²) in [5.41, 5.74) is 1.12. The predicted octanol–water partition coefficient (Wildman–Crippen LogP) is 2.77. The summed E-state index contributed by atoms with van der Waals surface area (Å²) in [5.74, 6) is 0.625. The molecular weight excluding hydrogens is 264 g/mol. The standard InChI is InChI=1S/C17H30N2O2/c1-3-5-7-15(4-2)13-21-14-17(20)12-19-11-16-8-6-9-18-10-16/h6,8-10,15,17,19-20H,3-5,7,11-14H2,1-2H3. The summed E-state index contributed by atoms with van der Waals surface area (Å²) in [6.45, 7) is 6.85. The van der Waals surface area contributed by atoms with Crippen molar-refractivity contribution in [2.24, 2.45) is 5.92 Å². The molecule has 0 fully saturated rings. The highest BCUT2D eigenvalue weighted by molar-refractivity contribution is 5.07. The van der Waals surface area contributed by atoms with E-state index in [9.17, 15) is 5.11 Å². The highest BCUT2D eigenvalue weighted by atomic mass is 16.5. The summed E-state index contributed by atoms with van der Waals surface area (Å²) in [6.07, 6.45) is 8.00. The molecule has 4 heteroatoms. The number of aromatic nitrogens is 1. The van der Waals surface area contributed by atoms with Crippen LogP contribution in [0.3, 0.4) is 0 Å². The fourth-order valence-corrected chi connectivity index (χ4v) is 2.21. The Balaban J connectivity index is 2.06. The van der Waals surface area contributed by atoms with E-state index in [-0.39, 0.29) is 0 Å². The Morgan fingerprint density at radius 2 is 2.19 bits per heavy atom. The lowest BCUT2D eigenvalue weighted by molar-refractivity contribution is 0.0192. The molecule has 0 aliphatic carbocycles. The molecule has 0 aliphatic heterocycles. The van der Waals surface area contributed by atoms with Gasteiger partial charge in [-0.1, -0.05) is 39.2 Å². The third-order valence-corrected chi connectivity index (χ3v) is 3.64. The molecule has 0 aromatic carbocycles. The molecule has 0 saturated carbocycles. The molecule has 21 heavy (non-hydrogen) atoms. The number of unbranched alkanes of at least 4 members (excludes halogenated alkanes) is 1. The van der Waals surface area contributed by atoms with Gasteiger partial charge in [-0.3, -0.25) is 4.98 Å². The van der Waals surface area contributed by atoms with Crippen LogP contribution in [0.25, 0.3) is 0 Å². The van der Waals surface area contributed by atoms with E-state index in [4.69, 9.17) is 4.74 Å². The van der Waals surface area contributed by atoms with Crippen LogP contribution in [0.2, 0.25) is 0 Å². The minimum atomic E-state index is -0.453. The average Bonchev–Trinajstić information content (AvgIpc) is 2.51. The highest BCUT2D eigenvalue weighted by Gasteiger charge is 2.08. The van der Waals surface area contributed by atoms with Crippen molar-refractivity contribution in [3.05, 3.63) is 30.1 Å². The molecule has 2 unspecified atom stereocenters. The maximum Gasteiger partial charge on any atom is 0.0897 e. The first kappa shape index (κ1) is 18.1. The summed E-state index contributed by atoms with van der Waals surface area (Å²) >= 11 is 0. The Bertz CT molecular complexity index is 346. The topological polar surface area (TPSA) is 54.4 Å². The Labute approximate surface area is 128 Å². The number of pyridine rings is 1. The lowest BCUT2D eigenvalue weighted by Crippen LogP contribution is -2.30. The zero-order valence-corrected chi connectivity index (χ0v) is 13.4. The molecule has 0 amide bonds. The maximum absolute atomic E-state index is 9.89. The zero-order valence-electron chi connectivity index (χ0n) is 13.4. The van der Waals surface area contributed by atoms with Gasteiger partial charge in [0, 0.05) is 32.1 Å². The van der Waals surface area contributed by atoms with Gasteiger partial charge in [0.05, 0.1) is 12.7 Å². The third kappa shape index (κ3) is 8.81. The van der Waals surface area contributed by atoms with Crippen molar-refractivity contribution < 1.29 is 9.84 Å². The quantitative estimate of drug-likeness (QED) is 0.622. The van der Waals surface area contributed by atoms with Gasteiger partial charge in [-0.25, -0.2) is 0 Å². The van der Waals surface area contributed by atoms with Crippen LogP contribution in [0.5, 0.6) is 0 Å². The van der Waals surface area contributed by atoms with Crippen LogP contribution in [0.15, 0.2) is 24.5 Å². The van der Waals surface area contributed by atoms with Gasteiger partial charge in [-0.15, -0.1) is 0 Å². The molecule has 4 nitrogen and oxygen atoms in total. The number of rotatable bonds is 12. The van der Waals surface area contributed by atoms with Gasteiger partial charge < -0.3 is 15.2 Å². The summed E-state index contributed by atoms with van der Waals surface area (Å²) in [4.78, 5) is 4.06. The van der Waals surface area contributed by atoms with Crippen molar-refractivity contribution in [3.63, 3.8) is 0 Å². The second-order valence-corrected chi connectivity index (χ2v) is 5.60. The molecule has 0 bridgehead atoms. The van der Waals surface area contributed by atoms with E-state index in [0.29, 0.717) is 19.1 Å². The molecule has 2 atom stereocenters. The Hall–Kier alpha value is -0.970. The fraction of sp³-hybridized carbons (Fsp3) is 0.706. The highest BCUT2D eigenvalue weighted by Crippen LogP contribution is 2.12. The number of nitrogens with one attached hydrogen (secondary N) is 1. The van der Waals surface area contributed by atoms with E-state index < -0.39 is 6.10 Å². The van der Waals surface area contributed by atoms with Crippen LogP contribution in [-0.2, 0) is 11.3 Å². The van der Waals surface area contributed by atoms with E-state index in [1.54, 1.807) is 6.20 Å². The summed E-state index contributed by atoms with van der Waals surface area (Å²) in [7, 11) is 0. The molecule has 0 spiro atoms. The molecule has 1 rings (SSSR count). The zero-order chi connectivity index (χ0) is 15.3. The van der Waals surface area contributed by atoms with Crippen molar-refractivity contribution in [2.75, 3.05) is 19.8 Å². The van der Waals surface area contributed by atoms with Gasteiger partial charge in [0.15, 0.2) is 0 Å². The number of hydrogen-bond acceptors (Lipinski definition) is 4. The normalized spacial score (nSPS) is 14.0. The van der Waals surface area contributed by atoms with Crippen LogP contribution in [0.4, 0.5) is 0 Å². The lowest BCUT2D eigenvalue weighted by Gasteiger charge is -2.17. The van der Waals surface area contributed by atoms with Crippen LogP contribution >= 0.6 is 0 Å². The van der Waals surface area contributed by atoms with E-state index in [1.807, 2.05) is 18.3 Å². The summed E-state index contributed by atoms with van der Waals surface area (Å²) in [6, 6.07) is 3.93. The van der Waals surface area contributed by atoms with Gasteiger partial charge in [0.2, 0.25) is 0 Å². The van der Waals surface area contributed by atoms with E-state index in [2.05, 4.69) is 24.1 Å². The Morgan fingerprint density at radius 1 is 1.33 bits per heavy atom. The van der Waals surface area contributed by atoms with Gasteiger partial charge in [0.25, 0.3) is 0 Å². The Kier molecular flexibility index (Phi) is 10.0. The molecule has 2 N–H and O–H groups in total. The molecule has 0 aliphatic rings. The van der Waals surface area contributed by atoms with Gasteiger partial charge in [-0.2, -0.15) is 0 Å². The van der Waals surface area contributed by atoms with Crippen molar-refractivity contribution >= 4 is 0 Å². The number of nitrogens with zero attached hydrogens (tertiary/aromatic N) is 1. The third-order valence-electron chi connectivity index (χ3n) is 3.64. The molecular formula is C17H30N2O2. The molecule has 120 valence electrons. The molecule has 0 radical (unpaired) electrons. The molecule has 0 saturated heterocycles. The van der Waals surface area contributed by atoms with Gasteiger partial charge >= 0.3 is 0 Å². The fourth-order valence-electron chi connectivity index (χ4n) is 2.21. The van der Waals surface area contributed by atoms with Crippen LogP contribution in [0, 0.1) is 5.92 Å². The Morgan fingerprint density at radius 3 is 2.86 bits per heavy atom. The number of aliphatic hydroxyl groups is 1. The van der Waals surface area contributed by atoms with E-state index >= 15 is 0 Å². The van der Waals surface area contributed by atoms with Gasteiger partial charge in [-0.05, 0) is 24.0 Å². The second kappa shape index (κ2) is 11.7. The lowest BCUT2D eigenvalue weighted by atomic mass is 10.0. The maximum atomic E-state index is 9.89. The predicted molar refractivity (Wildman–Crippen MR) is 86.1 cm³/mol.